The van der Waals surface area contributed by atoms with E-state index >= 15 is 0 Å². The maximum absolute atomic E-state index is 12.7. The first kappa shape index (κ1) is 42.4. The zero-order chi connectivity index (χ0) is 33.3. The lowest BCUT2D eigenvalue weighted by Crippen LogP contribution is -2.48. The van der Waals surface area contributed by atoms with Crippen LogP contribution < -0.4 is 5.32 Å². The quantitative estimate of drug-likeness (QED) is 0.0439. The average Bonchev–Trinajstić information content (AvgIpc) is 3.42. The van der Waals surface area contributed by atoms with Crippen LogP contribution in [0.25, 0.3) is 0 Å². The lowest BCUT2D eigenvalue weighted by atomic mass is 10.1. The minimum Gasteiger partial charge on any atom is -0.318 e. The molecule has 0 fully saturated rings. The monoisotopic (exact) mass is 643 g/mol. The first-order valence-corrected chi connectivity index (χ1v) is 20.5. The number of nitrogens with zero attached hydrogens (tertiary/aromatic N) is 2. The number of unbranched alkanes of at least 4 members (excludes halogenated alkanes) is 23. The Hall–Kier alpha value is -1.58. The first-order valence-electron chi connectivity index (χ1n) is 20.5. The second kappa shape index (κ2) is 32.0. The summed E-state index contributed by atoms with van der Waals surface area (Å²) in [5.74, 6) is 1.64. The van der Waals surface area contributed by atoms with Gasteiger partial charge in [-0.1, -0.05) is 147 Å². The summed E-state index contributed by atoms with van der Waals surface area (Å²) < 4.78 is 2.41. The molecule has 1 heterocycles. The van der Waals surface area contributed by atoms with E-state index in [0.717, 1.165) is 25.9 Å². The van der Waals surface area contributed by atoms with E-state index in [1.807, 2.05) is 0 Å². The number of amides is 1. The molecule has 1 N–H and O–H groups in total. The Morgan fingerprint density at radius 1 is 0.630 bits per heavy atom. The van der Waals surface area contributed by atoms with E-state index in [0.29, 0.717) is 6.42 Å². The molecule has 0 aromatic carbocycles. The van der Waals surface area contributed by atoms with Crippen molar-refractivity contribution < 1.29 is 9.37 Å². The number of carbonyl (C=O) groups is 1. The third kappa shape index (κ3) is 24.6. The van der Waals surface area contributed by atoms with Gasteiger partial charge in [-0.25, -0.2) is 4.90 Å². The highest BCUT2D eigenvalue weighted by atomic mass is 16.1. The molecule has 1 unspecified atom stereocenters. The van der Waals surface area contributed by atoms with Crippen LogP contribution in [0.3, 0.4) is 0 Å². The van der Waals surface area contributed by atoms with Gasteiger partial charge in [0.05, 0.1) is 7.05 Å². The van der Waals surface area contributed by atoms with E-state index in [9.17, 15) is 4.79 Å². The molecule has 0 radical (unpaired) electrons. The minimum absolute atomic E-state index is 0.0877. The van der Waals surface area contributed by atoms with Gasteiger partial charge in [-0.05, 0) is 71.1 Å². The van der Waals surface area contributed by atoms with Crippen LogP contribution in [0.1, 0.15) is 207 Å². The molecule has 4 nitrogen and oxygen atoms in total. The predicted octanol–water partition coefficient (Wildman–Crippen LogP) is 12.3. The van der Waals surface area contributed by atoms with Gasteiger partial charge in [-0.3, -0.25) is 9.37 Å². The fraction of sp³-hybridized carbons (Fsp3) is 0.857. The number of hydrogen-bond donors (Lipinski definition) is 1. The number of allylic oxidation sites excluding steroid dienone is 4. The standard InChI is InChI=1S/C42H79N3O/c1-5-7-9-11-13-15-17-19-21-23-25-27-29-31-33-35-37-42-44(4)38-39-45(42)40(3)43-41(46)36-34-32-30-28-26-24-22-20-18-16-14-12-10-8-6-2/h19-22,40H,5-18,23-39H2,1-4H3/p+1. The van der Waals surface area contributed by atoms with Gasteiger partial charge in [0.1, 0.15) is 13.1 Å². The van der Waals surface area contributed by atoms with Crippen molar-refractivity contribution in [2.45, 2.75) is 213 Å². The number of amidine groups is 1. The van der Waals surface area contributed by atoms with Crippen molar-refractivity contribution in [1.29, 1.82) is 0 Å². The van der Waals surface area contributed by atoms with Crippen LogP contribution in [0.5, 0.6) is 0 Å². The van der Waals surface area contributed by atoms with E-state index < -0.39 is 0 Å². The van der Waals surface area contributed by atoms with Crippen molar-refractivity contribution in [3.8, 4) is 0 Å². The highest BCUT2D eigenvalue weighted by Gasteiger charge is 2.32. The third-order valence-electron chi connectivity index (χ3n) is 9.86. The van der Waals surface area contributed by atoms with Crippen molar-refractivity contribution in [1.82, 2.24) is 10.2 Å². The molecule has 0 aliphatic carbocycles. The Morgan fingerprint density at radius 2 is 1.02 bits per heavy atom. The zero-order valence-corrected chi connectivity index (χ0v) is 31.6. The van der Waals surface area contributed by atoms with E-state index in [4.69, 9.17) is 0 Å². The van der Waals surface area contributed by atoms with E-state index in [1.54, 1.807) is 0 Å². The molecule has 1 rings (SSSR count). The highest BCUT2D eigenvalue weighted by Crippen LogP contribution is 2.15. The van der Waals surface area contributed by atoms with Crippen LogP contribution in [0.4, 0.5) is 0 Å². The van der Waals surface area contributed by atoms with Gasteiger partial charge in [0.2, 0.25) is 11.7 Å². The van der Waals surface area contributed by atoms with Gasteiger partial charge in [-0.15, -0.1) is 0 Å². The molecule has 0 aromatic heterocycles. The smallest absolute Gasteiger partial charge is 0.248 e. The van der Waals surface area contributed by atoms with Gasteiger partial charge in [0.25, 0.3) is 0 Å². The van der Waals surface area contributed by atoms with Crippen molar-refractivity contribution >= 4 is 11.7 Å². The maximum atomic E-state index is 12.7. The lowest BCUT2D eigenvalue weighted by molar-refractivity contribution is -0.487. The van der Waals surface area contributed by atoms with Crippen LogP contribution in [0.15, 0.2) is 24.3 Å². The largest absolute Gasteiger partial charge is 0.318 e. The summed E-state index contributed by atoms with van der Waals surface area (Å²) in [6.45, 7) is 8.82. The molecule has 0 spiro atoms. The number of carbonyl (C=O) groups excluding carboxylic acids is 1. The first-order chi connectivity index (χ1) is 22.6. The Balaban J connectivity index is 2.02. The summed E-state index contributed by atoms with van der Waals surface area (Å²) in [5.41, 5.74) is 0. The number of nitrogens with one attached hydrogen (secondary N) is 1. The van der Waals surface area contributed by atoms with Crippen LogP contribution in [0, 0.1) is 0 Å². The van der Waals surface area contributed by atoms with Gasteiger partial charge < -0.3 is 5.32 Å². The molecular formula is C42H80N3O+. The van der Waals surface area contributed by atoms with E-state index in [-0.39, 0.29) is 12.1 Å². The summed E-state index contributed by atoms with van der Waals surface area (Å²) in [4.78, 5) is 15.1. The van der Waals surface area contributed by atoms with Crippen molar-refractivity contribution in [3.05, 3.63) is 24.3 Å². The Labute approximate surface area is 288 Å². The molecule has 0 aromatic rings. The molecule has 1 amide bonds. The molecular weight excluding hydrogens is 562 g/mol. The average molecular weight is 643 g/mol. The van der Waals surface area contributed by atoms with E-state index in [1.165, 1.54) is 173 Å². The van der Waals surface area contributed by atoms with Crippen LogP contribution in [-0.2, 0) is 4.79 Å². The van der Waals surface area contributed by atoms with Gasteiger partial charge in [0, 0.05) is 12.8 Å². The summed E-state index contributed by atoms with van der Waals surface area (Å²) in [5, 5.41) is 3.30. The number of hydrogen-bond acceptors (Lipinski definition) is 2. The van der Waals surface area contributed by atoms with Crippen LogP contribution in [0.2, 0.25) is 0 Å². The molecule has 0 saturated heterocycles. The fourth-order valence-electron chi connectivity index (χ4n) is 6.76. The van der Waals surface area contributed by atoms with E-state index in [2.05, 4.69) is 66.9 Å². The van der Waals surface area contributed by atoms with Crippen LogP contribution in [-0.4, -0.2) is 47.5 Å². The highest BCUT2D eigenvalue weighted by molar-refractivity contribution is 5.80. The Kier molecular flexibility index (Phi) is 29.5. The number of likely N-dealkylation sites (N-methyl/N-ethyl adjacent to an activating group) is 1. The minimum atomic E-state index is 0.0877. The van der Waals surface area contributed by atoms with Gasteiger partial charge >= 0.3 is 0 Å². The fourth-order valence-corrected chi connectivity index (χ4v) is 6.76. The summed E-state index contributed by atoms with van der Waals surface area (Å²) in [6, 6.07) is 0. The molecule has 0 bridgehead atoms. The second-order valence-electron chi connectivity index (χ2n) is 14.3. The predicted molar refractivity (Wildman–Crippen MR) is 204 cm³/mol. The number of rotatable bonds is 33. The van der Waals surface area contributed by atoms with Gasteiger partial charge in [0.15, 0.2) is 6.17 Å². The molecule has 1 aliphatic heterocycles. The van der Waals surface area contributed by atoms with Crippen molar-refractivity contribution in [2.24, 2.45) is 0 Å². The molecule has 46 heavy (non-hydrogen) atoms. The topological polar surface area (TPSA) is 35.4 Å². The third-order valence-corrected chi connectivity index (χ3v) is 9.86. The summed E-state index contributed by atoms with van der Waals surface area (Å²) >= 11 is 0. The molecule has 0 saturated carbocycles. The molecule has 1 aliphatic rings. The molecule has 4 heteroatoms. The second-order valence-corrected chi connectivity index (χ2v) is 14.3. The molecule has 268 valence electrons. The Bertz CT molecular complexity index is 786. The van der Waals surface area contributed by atoms with Crippen LogP contribution >= 0.6 is 0 Å². The normalized spacial score (nSPS) is 14.4. The SMILES string of the molecule is CCCCCCCCC=CCCCCCCCCC1=[N+](C)CCN1C(C)NC(=O)CCCCCCCC=CCCCCCCCC. The maximum Gasteiger partial charge on any atom is 0.248 e. The van der Waals surface area contributed by atoms with Crippen molar-refractivity contribution in [2.75, 3.05) is 20.1 Å². The summed E-state index contributed by atoms with van der Waals surface area (Å²) in [7, 11) is 2.22. The van der Waals surface area contributed by atoms with Gasteiger partial charge in [-0.2, -0.15) is 0 Å². The Morgan fingerprint density at radius 3 is 1.48 bits per heavy atom. The zero-order valence-electron chi connectivity index (χ0n) is 31.6. The summed E-state index contributed by atoms with van der Waals surface area (Å²) in [6.07, 6.45) is 47.2. The van der Waals surface area contributed by atoms with Crippen molar-refractivity contribution in [3.63, 3.8) is 0 Å². The lowest BCUT2D eigenvalue weighted by Gasteiger charge is -2.22. The molecule has 1 atom stereocenters.